The third-order valence-corrected chi connectivity index (χ3v) is 4.05. The first kappa shape index (κ1) is 19.3. The first-order valence-electron chi connectivity index (χ1n) is 8.51. The smallest absolute Gasteiger partial charge is 0.328 e. The molecule has 2 aromatic rings. The number of esters is 1. The Morgan fingerprint density at radius 3 is 2.19 bits per heavy atom. The van der Waals surface area contributed by atoms with E-state index in [4.69, 9.17) is 9.47 Å². The second kappa shape index (κ2) is 9.46. The van der Waals surface area contributed by atoms with Crippen LogP contribution in [-0.4, -0.2) is 25.2 Å². The molecule has 0 radical (unpaired) electrons. The summed E-state index contributed by atoms with van der Waals surface area (Å²) in [6.45, 7) is 3.84. The number of benzene rings is 2. The maximum atomic E-state index is 12.2. The second-order valence-corrected chi connectivity index (χ2v) is 5.92. The molecule has 0 aliphatic carbocycles. The van der Waals surface area contributed by atoms with Gasteiger partial charge in [0, 0.05) is 5.69 Å². The van der Waals surface area contributed by atoms with E-state index >= 15 is 0 Å². The lowest BCUT2D eigenvalue weighted by Crippen LogP contribution is -2.47. The van der Waals surface area contributed by atoms with Gasteiger partial charge in [-0.3, -0.25) is 0 Å². The third-order valence-electron chi connectivity index (χ3n) is 4.05. The number of anilines is 1. The number of ether oxygens (including phenoxy) is 2. The molecule has 138 valence electrons. The van der Waals surface area contributed by atoms with Crippen LogP contribution < -0.4 is 15.4 Å². The van der Waals surface area contributed by atoms with Crippen LogP contribution in [0.2, 0.25) is 0 Å². The number of carbonyl (C=O) groups is 2. The van der Waals surface area contributed by atoms with Gasteiger partial charge in [0.25, 0.3) is 0 Å². The zero-order valence-corrected chi connectivity index (χ0v) is 15.2. The third kappa shape index (κ3) is 5.51. The molecule has 0 unspecified atom stereocenters. The summed E-state index contributed by atoms with van der Waals surface area (Å²) in [5.74, 6) is 0.908. The van der Waals surface area contributed by atoms with Gasteiger partial charge in [0.1, 0.15) is 17.5 Å². The Balaban J connectivity index is 1.95. The van der Waals surface area contributed by atoms with E-state index in [0.29, 0.717) is 11.4 Å². The summed E-state index contributed by atoms with van der Waals surface area (Å²) in [4.78, 5) is 24.0. The van der Waals surface area contributed by atoms with Crippen LogP contribution in [0.3, 0.4) is 0 Å². The molecular formula is C20H24N2O4. The molecule has 6 heteroatoms. The topological polar surface area (TPSA) is 76.7 Å². The highest BCUT2D eigenvalue weighted by atomic mass is 16.5. The van der Waals surface area contributed by atoms with Crippen molar-refractivity contribution in [3.8, 4) is 11.5 Å². The van der Waals surface area contributed by atoms with Crippen LogP contribution in [0.4, 0.5) is 10.5 Å². The van der Waals surface area contributed by atoms with Gasteiger partial charge >= 0.3 is 12.0 Å². The van der Waals surface area contributed by atoms with Gasteiger partial charge in [0.15, 0.2) is 0 Å². The van der Waals surface area contributed by atoms with Gasteiger partial charge in [-0.15, -0.1) is 0 Å². The fourth-order valence-electron chi connectivity index (χ4n) is 2.34. The highest BCUT2D eigenvalue weighted by Gasteiger charge is 2.26. The van der Waals surface area contributed by atoms with Gasteiger partial charge in [-0.25, -0.2) is 9.59 Å². The minimum Gasteiger partial charge on any atom is -0.467 e. The zero-order chi connectivity index (χ0) is 18.9. The van der Waals surface area contributed by atoms with Crippen molar-refractivity contribution in [2.75, 3.05) is 12.4 Å². The Labute approximate surface area is 153 Å². The maximum Gasteiger partial charge on any atom is 0.328 e. The minimum atomic E-state index is -0.689. The van der Waals surface area contributed by atoms with Gasteiger partial charge in [-0.05, 0) is 42.3 Å². The molecule has 0 bridgehead atoms. The number of methoxy groups -OCH3 is 1. The van der Waals surface area contributed by atoms with E-state index in [1.807, 2.05) is 44.2 Å². The summed E-state index contributed by atoms with van der Waals surface area (Å²) in [7, 11) is 1.31. The molecule has 0 spiro atoms. The van der Waals surface area contributed by atoms with Crippen LogP contribution in [0.25, 0.3) is 0 Å². The number of carbonyl (C=O) groups excluding carboxylic acids is 2. The van der Waals surface area contributed by atoms with Crippen molar-refractivity contribution in [2.24, 2.45) is 5.92 Å². The molecule has 2 N–H and O–H groups in total. The molecule has 0 fully saturated rings. The largest absolute Gasteiger partial charge is 0.467 e. The van der Waals surface area contributed by atoms with Crippen LogP contribution in [0.1, 0.15) is 20.3 Å². The number of para-hydroxylation sites is 1. The van der Waals surface area contributed by atoms with Crippen LogP contribution in [0, 0.1) is 5.92 Å². The molecule has 0 aromatic heterocycles. The minimum absolute atomic E-state index is 0.0325. The number of hydrogen-bond acceptors (Lipinski definition) is 4. The van der Waals surface area contributed by atoms with Gasteiger partial charge in [0.05, 0.1) is 7.11 Å². The van der Waals surface area contributed by atoms with E-state index < -0.39 is 18.0 Å². The highest BCUT2D eigenvalue weighted by Crippen LogP contribution is 2.22. The fourth-order valence-corrected chi connectivity index (χ4v) is 2.34. The van der Waals surface area contributed by atoms with E-state index in [1.165, 1.54) is 7.11 Å². The molecule has 6 nitrogen and oxygen atoms in total. The summed E-state index contributed by atoms with van der Waals surface area (Å²) >= 11 is 0. The molecule has 2 aromatic carbocycles. The Morgan fingerprint density at radius 2 is 1.62 bits per heavy atom. The predicted molar refractivity (Wildman–Crippen MR) is 100 cm³/mol. The number of urea groups is 1. The van der Waals surface area contributed by atoms with Crippen molar-refractivity contribution in [2.45, 2.75) is 26.3 Å². The second-order valence-electron chi connectivity index (χ2n) is 5.92. The first-order chi connectivity index (χ1) is 12.5. The summed E-state index contributed by atoms with van der Waals surface area (Å²) in [6, 6.07) is 15.3. The average Bonchev–Trinajstić information content (AvgIpc) is 2.67. The van der Waals surface area contributed by atoms with Crippen molar-refractivity contribution >= 4 is 17.7 Å². The van der Waals surface area contributed by atoms with E-state index in [2.05, 4.69) is 10.6 Å². The van der Waals surface area contributed by atoms with Gasteiger partial charge < -0.3 is 20.1 Å². The fraction of sp³-hybridized carbons (Fsp3) is 0.300. The standard InChI is InChI=1S/C20H24N2O4/c1-4-14(2)18(19(23)25-3)22-20(24)21-15-10-12-17(13-11-15)26-16-8-6-5-7-9-16/h5-14,18H,4H2,1-3H3,(H2,21,22,24)/t14-,18-/m1/s1. The predicted octanol–water partition coefficient (Wildman–Crippen LogP) is 4.19. The van der Waals surface area contributed by atoms with E-state index in [1.54, 1.807) is 24.3 Å². The quantitative estimate of drug-likeness (QED) is 0.730. The van der Waals surface area contributed by atoms with Crippen LogP contribution >= 0.6 is 0 Å². The molecule has 2 amide bonds. The van der Waals surface area contributed by atoms with Crippen LogP contribution in [0.15, 0.2) is 54.6 Å². The molecular weight excluding hydrogens is 332 g/mol. The SMILES string of the molecule is CC[C@@H](C)[C@@H](NC(=O)Nc1ccc(Oc2ccccc2)cc1)C(=O)OC. The Morgan fingerprint density at radius 1 is 1.00 bits per heavy atom. The number of hydrogen-bond donors (Lipinski definition) is 2. The Kier molecular flexibility index (Phi) is 7.02. The van der Waals surface area contributed by atoms with E-state index in [-0.39, 0.29) is 5.92 Å². The molecule has 0 aliphatic heterocycles. The van der Waals surface area contributed by atoms with Crippen molar-refractivity contribution in [1.29, 1.82) is 0 Å². The summed E-state index contributed by atoms with van der Waals surface area (Å²) in [5, 5.41) is 5.37. The Hall–Kier alpha value is -3.02. The summed E-state index contributed by atoms with van der Waals surface area (Å²) < 4.78 is 10.5. The molecule has 2 rings (SSSR count). The van der Waals surface area contributed by atoms with Crippen LogP contribution in [0.5, 0.6) is 11.5 Å². The highest BCUT2D eigenvalue weighted by molar-refractivity contribution is 5.92. The zero-order valence-electron chi connectivity index (χ0n) is 15.2. The number of rotatable bonds is 7. The van der Waals surface area contributed by atoms with Crippen LogP contribution in [-0.2, 0) is 9.53 Å². The molecule has 26 heavy (non-hydrogen) atoms. The van der Waals surface area contributed by atoms with Gasteiger partial charge in [-0.2, -0.15) is 0 Å². The van der Waals surface area contributed by atoms with Crippen molar-refractivity contribution in [3.05, 3.63) is 54.6 Å². The maximum absolute atomic E-state index is 12.2. The first-order valence-corrected chi connectivity index (χ1v) is 8.51. The van der Waals surface area contributed by atoms with Gasteiger partial charge in [-0.1, -0.05) is 38.5 Å². The van der Waals surface area contributed by atoms with E-state index in [9.17, 15) is 9.59 Å². The van der Waals surface area contributed by atoms with Crippen molar-refractivity contribution in [1.82, 2.24) is 5.32 Å². The molecule has 0 aliphatic rings. The summed E-state index contributed by atoms with van der Waals surface area (Å²) in [5.41, 5.74) is 0.593. The van der Waals surface area contributed by atoms with Crippen molar-refractivity contribution < 1.29 is 19.1 Å². The average molecular weight is 356 g/mol. The molecule has 0 heterocycles. The monoisotopic (exact) mass is 356 g/mol. The lowest BCUT2D eigenvalue weighted by atomic mass is 9.99. The Bertz CT molecular complexity index is 716. The molecule has 0 saturated carbocycles. The van der Waals surface area contributed by atoms with Crippen molar-refractivity contribution in [3.63, 3.8) is 0 Å². The lowest BCUT2D eigenvalue weighted by Gasteiger charge is -2.22. The van der Waals surface area contributed by atoms with Gasteiger partial charge in [0.2, 0.25) is 0 Å². The normalized spacial score (nSPS) is 12.6. The lowest BCUT2D eigenvalue weighted by molar-refractivity contribution is -0.144. The number of nitrogens with one attached hydrogen (secondary N) is 2. The molecule has 2 atom stereocenters. The summed E-state index contributed by atoms with van der Waals surface area (Å²) in [6.07, 6.45) is 0.742. The number of amides is 2. The van der Waals surface area contributed by atoms with E-state index in [0.717, 1.165) is 12.2 Å². The molecule has 0 saturated heterocycles.